The molecule has 0 saturated heterocycles. The molecule has 0 saturated carbocycles. The highest BCUT2D eigenvalue weighted by Crippen LogP contribution is 2.22. The van der Waals surface area contributed by atoms with Gasteiger partial charge in [0, 0.05) is 24.6 Å². The van der Waals surface area contributed by atoms with Crippen molar-refractivity contribution in [2.45, 2.75) is 26.0 Å². The van der Waals surface area contributed by atoms with Gasteiger partial charge in [-0.3, -0.25) is 0 Å². The molecular formula is C13H17N3O. The Hall–Kier alpha value is -1.81. The third-order valence-corrected chi connectivity index (χ3v) is 2.68. The highest BCUT2D eigenvalue weighted by molar-refractivity contribution is 5.42. The van der Waals surface area contributed by atoms with Crippen molar-refractivity contribution in [3.8, 4) is 0 Å². The van der Waals surface area contributed by atoms with Crippen LogP contribution in [0.4, 0.5) is 5.69 Å². The van der Waals surface area contributed by atoms with Crippen molar-refractivity contribution < 1.29 is 5.11 Å². The fourth-order valence-corrected chi connectivity index (χ4v) is 1.88. The highest BCUT2D eigenvalue weighted by Gasteiger charge is 2.15. The SMILES string of the molecule is CCCn1ccnc1C(O)c1cccc(N)c1. The second kappa shape index (κ2) is 5.01. The standard InChI is InChI=1S/C13H17N3O/c1-2-7-16-8-6-15-13(16)12(17)10-4-3-5-11(14)9-10/h3-6,8-9,12,17H,2,7,14H2,1H3. The summed E-state index contributed by atoms with van der Waals surface area (Å²) >= 11 is 0. The highest BCUT2D eigenvalue weighted by atomic mass is 16.3. The molecule has 0 amide bonds. The molecule has 2 rings (SSSR count). The minimum atomic E-state index is -0.722. The van der Waals surface area contributed by atoms with Crippen LogP contribution in [0.15, 0.2) is 36.7 Å². The molecule has 0 aliphatic rings. The number of hydrogen-bond acceptors (Lipinski definition) is 3. The second-order valence-electron chi connectivity index (χ2n) is 4.05. The number of hydrogen-bond donors (Lipinski definition) is 2. The van der Waals surface area contributed by atoms with Gasteiger partial charge >= 0.3 is 0 Å². The number of anilines is 1. The van der Waals surface area contributed by atoms with Crippen LogP contribution >= 0.6 is 0 Å². The third-order valence-electron chi connectivity index (χ3n) is 2.68. The molecule has 4 nitrogen and oxygen atoms in total. The molecule has 1 heterocycles. The summed E-state index contributed by atoms with van der Waals surface area (Å²) in [4.78, 5) is 4.21. The number of aliphatic hydroxyl groups excluding tert-OH is 1. The Balaban J connectivity index is 2.30. The summed E-state index contributed by atoms with van der Waals surface area (Å²) < 4.78 is 1.97. The van der Waals surface area contributed by atoms with Crippen molar-refractivity contribution in [2.24, 2.45) is 0 Å². The lowest BCUT2D eigenvalue weighted by atomic mass is 10.1. The van der Waals surface area contributed by atoms with E-state index in [1.165, 1.54) is 0 Å². The number of imidazole rings is 1. The number of rotatable bonds is 4. The molecule has 1 unspecified atom stereocenters. The van der Waals surface area contributed by atoms with E-state index in [0.717, 1.165) is 18.5 Å². The number of aliphatic hydroxyl groups is 1. The molecule has 2 aromatic rings. The van der Waals surface area contributed by atoms with Crippen LogP contribution < -0.4 is 5.73 Å². The Labute approximate surface area is 101 Å². The Bertz CT molecular complexity index is 493. The normalized spacial score (nSPS) is 12.6. The lowest BCUT2D eigenvalue weighted by Gasteiger charge is -2.13. The summed E-state index contributed by atoms with van der Waals surface area (Å²) in [6.45, 7) is 2.95. The van der Waals surface area contributed by atoms with Crippen molar-refractivity contribution in [1.82, 2.24) is 9.55 Å². The molecule has 1 aromatic carbocycles. The minimum Gasteiger partial charge on any atom is -0.399 e. The second-order valence-corrected chi connectivity index (χ2v) is 4.05. The van der Waals surface area contributed by atoms with Crippen molar-refractivity contribution in [1.29, 1.82) is 0 Å². The molecule has 17 heavy (non-hydrogen) atoms. The van der Waals surface area contributed by atoms with Gasteiger partial charge in [0.2, 0.25) is 0 Å². The van der Waals surface area contributed by atoms with Gasteiger partial charge in [0.15, 0.2) is 0 Å². The largest absolute Gasteiger partial charge is 0.399 e. The lowest BCUT2D eigenvalue weighted by Crippen LogP contribution is -2.09. The predicted octanol–water partition coefficient (Wildman–Crippen LogP) is 1.96. The Kier molecular flexibility index (Phi) is 3.44. The van der Waals surface area contributed by atoms with Gasteiger partial charge in [0.1, 0.15) is 11.9 Å². The monoisotopic (exact) mass is 231 g/mol. The van der Waals surface area contributed by atoms with E-state index in [1.54, 1.807) is 18.3 Å². The predicted molar refractivity (Wildman–Crippen MR) is 67.4 cm³/mol. The maximum Gasteiger partial charge on any atom is 0.142 e. The van der Waals surface area contributed by atoms with Crippen LogP contribution in [0.2, 0.25) is 0 Å². The number of benzene rings is 1. The minimum absolute atomic E-state index is 0.648. The van der Waals surface area contributed by atoms with Gasteiger partial charge < -0.3 is 15.4 Å². The molecule has 0 spiro atoms. The van der Waals surface area contributed by atoms with Gasteiger partial charge in [-0.15, -0.1) is 0 Å². The smallest absolute Gasteiger partial charge is 0.142 e. The van der Waals surface area contributed by atoms with E-state index in [0.29, 0.717) is 11.5 Å². The quantitative estimate of drug-likeness (QED) is 0.790. The van der Waals surface area contributed by atoms with Crippen LogP contribution in [0.3, 0.4) is 0 Å². The van der Waals surface area contributed by atoms with Gasteiger partial charge in [-0.2, -0.15) is 0 Å². The first-order valence-electron chi connectivity index (χ1n) is 5.77. The average Bonchev–Trinajstić information content (AvgIpc) is 2.77. The van der Waals surface area contributed by atoms with Gasteiger partial charge in [0.25, 0.3) is 0 Å². The topological polar surface area (TPSA) is 64.1 Å². The summed E-state index contributed by atoms with van der Waals surface area (Å²) in [7, 11) is 0. The molecule has 0 radical (unpaired) electrons. The number of nitrogens with two attached hydrogens (primary N) is 1. The summed E-state index contributed by atoms with van der Waals surface area (Å²) in [6, 6.07) is 7.26. The Morgan fingerprint density at radius 2 is 2.29 bits per heavy atom. The third kappa shape index (κ3) is 2.47. The molecule has 1 atom stereocenters. The fourth-order valence-electron chi connectivity index (χ4n) is 1.88. The fraction of sp³-hybridized carbons (Fsp3) is 0.308. The van der Waals surface area contributed by atoms with E-state index in [1.807, 2.05) is 22.9 Å². The first-order valence-corrected chi connectivity index (χ1v) is 5.77. The maximum absolute atomic E-state index is 10.3. The van der Waals surface area contributed by atoms with Gasteiger partial charge in [-0.05, 0) is 24.1 Å². The number of aryl methyl sites for hydroxylation is 1. The summed E-state index contributed by atoms with van der Waals surface area (Å²) in [5, 5.41) is 10.3. The van der Waals surface area contributed by atoms with E-state index in [-0.39, 0.29) is 0 Å². The van der Waals surface area contributed by atoms with Crippen LogP contribution in [0.25, 0.3) is 0 Å². The molecule has 0 aliphatic heterocycles. The first-order chi connectivity index (χ1) is 8.22. The van der Waals surface area contributed by atoms with Crippen molar-refractivity contribution in [2.75, 3.05) is 5.73 Å². The molecule has 3 N–H and O–H groups in total. The van der Waals surface area contributed by atoms with E-state index >= 15 is 0 Å². The molecule has 4 heteroatoms. The van der Waals surface area contributed by atoms with Gasteiger partial charge in [-0.1, -0.05) is 19.1 Å². The molecular weight excluding hydrogens is 214 g/mol. The van der Waals surface area contributed by atoms with Crippen LogP contribution in [-0.2, 0) is 6.54 Å². The zero-order valence-electron chi connectivity index (χ0n) is 9.87. The number of nitrogen functional groups attached to an aromatic ring is 1. The van der Waals surface area contributed by atoms with E-state index in [4.69, 9.17) is 5.73 Å². The van der Waals surface area contributed by atoms with E-state index < -0.39 is 6.10 Å². The summed E-state index contributed by atoms with van der Waals surface area (Å²) in [6.07, 6.45) is 3.88. The van der Waals surface area contributed by atoms with E-state index in [9.17, 15) is 5.11 Å². The lowest BCUT2D eigenvalue weighted by molar-refractivity contribution is 0.204. The van der Waals surface area contributed by atoms with Crippen LogP contribution in [0, 0.1) is 0 Å². The van der Waals surface area contributed by atoms with E-state index in [2.05, 4.69) is 11.9 Å². The molecule has 0 fully saturated rings. The maximum atomic E-state index is 10.3. The van der Waals surface area contributed by atoms with Crippen LogP contribution in [0.1, 0.15) is 30.8 Å². The number of nitrogens with zero attached hydrogens (tertiary/aromatic N) is 2. The first kappa shape index (κ1) is 11.7. The molecule has 1 aromatic heterocycles. The van der Waals surface area contributed by atoms with Crippen molar-refractivity contribution in [3.05, 3.63) is 48.0 Å². The number of aromatic nitrogens is 2. The van der Waals surface area contributed by atoms with Crippen molar-refractivity contribution >= 4 is 5.69 Å². The summed E-state index contributed by atoms with van der Waals surface area (Å²) in [5.41, 5.74) is 7.13. The van der Waals surface area contributed by atoms with Gasteiger partial charge in [-0.25, -0.2) is 4.98 Å². The molecule has 0 bridgehead atoms. The zero-order chi connectivity index (χ0) is 12.3. The zero-order valence-corrected chi connectivity index (χ0v) is 9.87. The Morgan fingerprint density at radius 1 is 1.47 bits per heavy atom. The average molecular weight is 231 g/mol. The molecule has 0 aliphatic carbocycles. The van der Waals surface area contributed by atoms with Crippen molar-refractivity contribution in [3.63, 3.8) is 0 Å². The van der Waals surface area contributed by atoms with Crippen LogP contribution in [-0.4, -0.2) is 14.7 Å². The van der Waals surface area contributed by atoms with Gasteiger partial charge in [0.05, 0.1) is 0 Å². The van der Waals surface area contributed by atoms with Crippen LogP contribution in [0.5, 0.6) is 0 Å². The Morgan fingerprint density at radius 3 is 3.00 bits per heavy atom. The summed E-state index contributed by atoms with van der Waals surface area (Å²) in [5.74, 6) is 0.664. The molecule has 90 valence electrons.